The molecule has 0 N–H and O–H groups in total. The second-order valence-corrected chi connectivity index (χ2v) is 7.27. The van der Waals surface area contributed by atoms with Crippen LogP contribution in [0.25, 0.3) is 22.4 Å². The van der Waals surface area contributed by atoms with E-state index in [1.165, 1.54) is 0 Å². The van der Waals surface area contributed by atoms with Crippen molar-refractivity contribution in [1.82, 2.24) is 4.57 Å². The van der Waals surface area contributed by atoms with Crippen LogP contribution >= 0.6 is 11.6 Å². The van der Waals surface area contributed by atoms with Gasteiger partial charge in [0.15, 0.2) is 5.69 Å². The maximum Gasteiger partial charge on any atom is 0.343 e. The molecule has 30 heavy (non-hydrogen) atoms. The molecule has 0 amide bonds. The molecule has 0 saturated carbocycles. The third kappa shape index (κ3) is 3.21. The topological polar surface area (TPSA) is 83.6 Å². The van der Waals surface area contributed by atoms with E-state index >= 15 is 0 Å². The molecule has 0 aliphatic carbocycles. The van der Waals surface area contributed by atoms with Crippen molar-refractivity contribution in [2.24, 2.45) is 0 Å². The summed E-state index contributed by atoms with van der Waals surface area (Å²) >= 11 is 6.15. The molecule has 1 aromatic heterocycles. The van der Waals surface area contributed by atoms with Crippen LogP contribution in [0, 0.1) is 10.1 Å². The number of methoxy groups -OCH3 is 1. The number of ether oxygens (including phenoxy) is 2. The molecular weight excluding hydrogens is 408 g/mol. The van der Waals surface area contributed by atoms with Crippen LogP contribution in [0.5, 0.6) is 5.75 Å². The highest BCUT2D eigenvalue weighted by molar-refractivity contribution is 6.31. The van der Waals surface area contributed by atoms with E-state index in [9.17, 15) is 14.9 Å². The van der Waals surface area contributed by atoms with E-state index in [2.05, 4.69) is 0 Å². The largest absolute Gasteiger partial charge is 0.497 e. The number of nitrogens with zero attached hydrogens (tertiary/aromatic N) is 2. The Labute approximate surface area is 177 Å². The van der Waals surface area contributed by atoms with Crippen LogP contribution in [0.15, 0.2) is 42.5 Å². The molecule has 2 aromatic carbocycles. The monoisotopic (exact) mass is 426 g/mol. The zero-order valence-corrected chi connectivity index (χ0v) is 17.2. The molecule has 1 aliphatic heterocycles. The summed E-state index contributed by atoms with van der Waals surface area (Å²) in [5.41, 5.74) is 3.09. The Morgan fingerprint density at radius 3 is 2.73 bits per heavy atom. The number of aryl methyl sites for hydroxylation is 1. The second kappa shape index (κ2) is 7.84. The molecule has 3 aromatic rings. The molecule has 0 radical (unpaired) electrons. The van der Waals surface area contributed by atoms with Gasteiger partial charge in [-0.25, -0.2) is 9.36 Å². The van der Waals surface area contributed by atoms with Crippen molar-refractivity contribution in [3.05, 3.63) is 68.7 Å². The van der Waals surface area contributed by atoms with Gasteiger partial charge in [-0.3, -0.25) is 0 Å². The smallest absolute Gasteiger partial charge is 0.343 e. The van der Waals surface area contributed by atoms with Gasteiger partial charge in [-0.15, -0.1) is 0 Å². The third-order valence-electron chi connectivity index (χ3n) is 5.17. The summed E-state index contributed by atoms with van der Waals surface area (Å²) in [6, 6.07) is 12.2. The van der Waals surface area contributed by atoms with E-state index in [1.54, 1.807) is 48.9 Å². The molecule has 0 atom stereocenters. The van der Waals surface area contributed by atoms with E-state index in [4.69, 9.17) is 21.1 Å². The third-order valence-corrected chi connectivity index (χ3v) is 5.41. The number of fused-ring (bicyclic) bond motifs is 3. The molecule has 4 rings (SSSR count). The standard InChI is InChI=1S/C22H19ClN2O5/c1-3-30-22(26)19-18(14-5-4-6-15(23)11-14)21(25(27)28)24-10-9-13-12-16(29-2)7-8-17(13)20(19)24/h4-8,11-12H,3,9-10H2,1-2H3. The molecule has 0 spiro atoms. The minimum atomic E-state index is -0.604. The number of esters is 1. The summed E-state index contributed by atoms with van der Waals surface area (Å²) in [4.78, 5) is 24.7. The summed E-state index contributed by atoms with van der Waals surface area (Å²) < 4.78 is 12.2. The maximum atomic E-state index is 13.0. The fraction of sp³-hybridized carbons (Fsp3) is 0.227. The Balaban J connectivity index is 2.10. The van der Waals surface area contributed by atoms with Gasteiger partial charge in [0.05, 0.1) is 25.8 Å². The predicted molar refractivity (Wildman–Crippen MR) is 113 cm³/mol. The summed E-state index contributed by atoms with van der Waals surface area (Å²) in [7, 11) is 1.58. The number of nitro groups is 1. The molecular formula is C22H19ClN2O5. The Morgan fingerprint density at radius 1 is 1.27 bits per heavy atom. The highest BCUT2D eigenvalue weighted by Gasteiger charge is 2.39. The number of rotatable bonds is 5. The molecule has 0 fully saturated rings. The Hall–Kier alpha value is -3.32. The molecule has 1 aliphatic rings. The predicted octanol–water partition coefficient (Wildman–Crippen LogP) is 5.13. The number of hydrogen-bond acceptors (Lipinski definition) is 5. The molecule has 154 valence electrons. The summed E-state index contributed by atoms with van der Waals surface area (Å²) in [5.74, 6) is -0.0548. The average molecular weight is 427 g/mol. The van der Waals surface area contributed by atoms with Crippen molar-refractivity contribution in [2.75, 3.05) is 13.7 Å². The van der Waals surface area contributed by atoms with Crippen LogP contribution in [-0.4, -0.2) is 29.2 Å². The van der Waals surface area contributed by atoms with Crippen molar-refractivity contribution >= 4 is 23.4 Å². The van der Waals surface area contributed by atoms with E-state index < -0.39 is 10.9 Å². The normalized spacial score (nSPS) is 12.1. The van der Waals surface area contributed by atoms with E-state index in [1.807, 2.05) is 12.1 Å². The number of halogens is 1. The van der Waals surface area contributed by atoms with Gasteiger partial charge < -0.3 is 19.6 Å². The SMILES string of the molecule is CCOC(=O)c1c(-c2cccc(Cl)c2)c([N+](=O)[O-])n2c1-c1ccc(OC)cc1CC2. The van der Waals surface area contributed by atoms with Gasteiger partial charge in [-0.2, -0.15) is 0 Å². The molecule has 7 nitrogen and oxygen atoms in total. The molecule has 0 unspecified atom stereocenters. The van der Waals surface area contributed by atoms with Crippen LogP contribution in [0.2, 0.25) is 5.02 Å². The highest BCUT2D eigenvalue weighted by atomic mass is 35.5. The number of aromatic nitrogens is 1. The summed E-state index contributed by atoms with van der Waals surface area (Å²) in [6.07, 6.45) is 0.576. The fourth-order valence-electron chi connectivity index (χ4n) is 3.98. The number of hydrogen-bond donors (Lipinski definition) is 0. The lowest BCUT2D eigenvalue weighted by molar-refractivity contribution is -0.391. The van der Waals surface area contributed by atoms with Gasteiger partial charge in [0.1, 0.15) is 11.3 Å². The van der Waals surface area contributed by atoms with E-state index in [0.717, 1.165) is 11.1 Å². The van der Waals surface area contributed by atoms with Gasteiger partial charge in [-0.1, -0.05) is 23.7 Å². The van der Waals surface area contributed by atoms with Crippen molar-refractivity contribution in [2.45, 2.75) is 19.9 Å². The first-order valence-corrected chi connectivity index (χ1v) is 9.85. The quantitative estimate of drug-likeness (QED) is 0.321. The van der Waals surface area contributed by atoms with Gasteiger partial charge in [0.25, 0.3) is 0 Å². The van der Waals surface area contributed by atoms with Crippen LogP contribution in [0.3, 0.4) is 0 Å². The zero-order valence-electron chi connectivity index (χ0n) is 16.5. The molecule has 8 heteroatoms. The van der Waals surface area contributed by atoms with Crippen LogP contribution in [0.1, 0.15) is 22.8 Å². The maximum absolute atomic E-state index is 13.0. The van der Waals surface area contributed by atoms with E-state index in [0.29, 0.717) is 35.0 Å². The van der Waals surface area contributed by atoms with Crippen LogP contribution in [-0.2, 0) is 17.7 Å². The summed E-state index contributed by atoms with van der Waals surface area (Å²) in [5, 5.41) is 12.6. The van der Waals surface area contributed by atoms with Crippen LogP contribution < -0.4 is 4.74 Å². The molecule has 2 heterocycles. The Morgan fingerprint density at radius 2 is 2.07 bits per heavy atom. The van der Waals surface area contributed by atoms with Crippen molar-refractivity contribution in [3.63, 3.8) is 0 Å². The lowest BCUT2D eigenvalue weighted by Crippen LogP contribution is -2.15. The zero-order chi connectivity index (χ0) is 21.4. The minimum absolute atomic E-state index is 0.142. The minimum Gasteiger partial charge on any atom is -0.497 e. The van der Waals surface area contributed by atoms with Gasteiger partial charge in [0.2, 0.25) is 0 Å². The van der Waals surface area contributed by atoms with Crippen molar-refractivity contribution < 1.29 is 19.2 Å². The first kappa shape index (κ1) is 20.0. The van der Waals surface area contributed by atoms with Gasteiger partial charge in [-0.05, 0) is 53.3 Å². The summed E-state index contributed by atoms with van der Waals surface area (Å²) in [6.45, 7) is 2.22. The fourth-order valence-corrected chi connectivity index (χ4v) is 4.17. The van der Waals surface area contributed by atoms with Gasteiger partial charge >= 0.3 is 11.8 Å². The Bertz CT molecular complexity index is 1170. The first-order chi connectivity index (χ1) is 14.5. The number of carbonyl (C=O) groups excluding carboxylic acids is 1. The van der Waals surface area contributed by atoms with Crippen LogP contribution in [0.4, 0.5) is 5.82 Å². The van der Waals surface area contributed by atoms with E-state index in [-0.39, 0.29) is 23.6 Å². The highest BCUT2D eigenvalue weighted by Crippen LogP contribution is 2.46. The molecule has 0 bridgehead atoms. The Kier molecular flexibility index (Phi) is 5.22. The average Bonchev–Trinajstić information content (AvgIpc) is 3.09. The van der Waals surface area contributed by atoms with Crippen molar-refractivity contribution in [1.29, 1.82) is 0 Å². The lowest BCUT2D eigenvalue weighted by Gasteiger charge is -2.17. The molecule has 0 saturated heterocycles. The first-order valence-electron chi connectivity index (χ1n) is 9.47. The second-order valence-electron chi connectivity index (χ2n) is 6.83. The lowest BCUT2D eigenvalue weighted by atomic mass is 9.94. The van der Waals surface area contributed by atoms with Gasteiger partial charge in [0, 0.05) is 17.0 Å². The van der Waals surface area contributed by atoms with Crippen molar-refractivity contribution in [3.8, 4) is 28.1 Å². The number of benzene rings is 2. The number of carbonyl (C=O) groups is 1.